The quantitative estimate of drug-likeness (QED) is 0.802. The number of hydrogen-bond donors (Lipinski definition) is 1. The third-order valence-corrected chi connectivity index (χ3v) is 3.32. The Bertz CT molecular complexity index is 841. The Morgan fingerprint density at radius 2 is 1.91 bits per heavy atom. The highest BCUT2D eigenvalue weighted by molar-refractivity contribution is 5.89. The van der Waals surface area contributed by atoms with Crippen molar-refractivity contribution in [3.05, 3.63) is 83.9 Å². The molecule has 0 saturated carbocycles. The molecule has 0 fully saturated rings. The van der Waals surface area contributed by atoms with Gasteiger partial charge in [0.05, 0.1) is 18.0 Å². The Morgan fingerprint density at radius 1 is 1.14 bits per heavy atom. The second kappa shape index (κ2) is 5.98. The minimum Gasteiger partial charge on any atom is -0.507 e. The van der Waals surface area contributed by atoms with Gasteiger partial charge in [0, 0.05) is 29.7 Å². The molecule has 0 unspecified atom stereocenters. The van der Waals surface area contributed by atoms with E-state index in [-0.39, 0.29) is 5.75 Å². The lowest BCUT2D eigenvalue weighted by atomic mass is 9.97. The number of rotatable bonds is 3. The number of phenols is 1. The average molecular weight is 287 g/mol. The predicted octanol–water partition coefficient (Wildman–Crippen LogP) is 3.51. The lowest BCUT2D eigenvalue weighted by Gasteiger charge is -2.11. The second-order valence-electron chi connectivity index (χ2n) is 4.76. The van der Waals surface area contributed by atoms with Crippen LogP contribution in [-0.4, -0.2) is 14.7 Å². The number of hydrogen-bond acceptors (Lipinski definition) is 3. The van der Waals surface area contributed by atoms with E-state index < -0.39 is 0 Å². The monoisotopic (exact) mass is 287 g/mol. The predicted molar refractivity (Wildman–Crippen MR) is 84.8 cm³/mol. The SMILES string of the molecule is N#Cc1ccc(C(=Cn2ccnc2)c2ccccc2O)cc1. The number of aromatic hydroxyl groups is 1. The Labute approximate surface area is 128 Å². The molecule has 0 atom stereocenters. The summed E-state index contributed by atoms with van der Waals surface area (Å²) in [5.74, 6) is 0.207. The Balaban J connectivity index is 2.15. The zero-order valence-corrected chi connectivity index (χ0v) is 11.7. The van der Waals surface area contributed by atoms with Gasteiger partial charge < -0.3 is 9.67 Å². The molecule has 0 aliphatic heterocycles. The standard InChI is InChI=1S/C18H13N3O/c19-11-14-5-7-15(8-6-14)17(12-21-10-9-20-13-21)16-3-1-2-4-18(16)22/h1-10,12-13,22H. The fourth-order valence-electron chi connectivity index (χ4n) is 2.22. The molecule has 4 nitrogen and oxygen atoms in total. The normalized spacial score (nSPS) is 11.1. The van der Waals surface area contributed by atoms with E-state index in [4.69, 9.17) is 5.26 Å². The van der Waals surface area contributed by atoms with E-state index in [2.05, 4.69) is 11.1 Å². The van der Waals surface area contributed by atoms with Crippen LogP contribution in [0.4, 0.5) is 0 Å². The van der Waals surface area contributed by atoms with Crippen LogP contribution >= 0.6 is 0 Å². The van der Waals surface area contributed by atoms with Crippen molar-refractivity contribution in [3.8, 4) is 11.8 Å². The maximum atomic E-state index is 10.2. The molecule has 0 spiro atoms. The molecule has 0 aliphatic rings. The van der Waals surface area contributed by atoms with Crippen LogP contribution in [0.15, 0.2) is 67.3 Å². The zero-order valence-electron chi connectivity index (χ0n) is 11.7. The van der Waals surface area contributed by atoms with Crippen molar-refractivity contribution in [2.24, 2.45) is 0 Å². The van der Waals surface area contributed by atoms with E-state index in [9.17, 15) is 5.11 Å². The number of para-hydroxylation sites is 1. The van der Waals surface area contributed by atoms with Crippen LogP contribution in [0.3, 0.4) is 0 Å². The molecular weight excluding hydrogens is 274 g/mol. The largest absolute Gasteiger partial charge is 0.507 e. The molecule has 0 saturated heterocycles. The van der Waals surface area contributed by atoms with Crippen molar-refractivity contribution in [3.63, 3.8) is 0 Å². The van der Waals surface area contributed by atoms with Crippen molar-refractivity contribution in [1.82, 2.24) is 9.55 Å². The van der Waals surface area contributed by atoms with Crippen molar-refractivity contribution in [2.45, 2.75) is 0 Å². The summed E-state index contributed by atoms with van der Waals surface area (Å²) in [5.41, 5.74) is 3.08. The van der Waals surface area contributed by atoms with E-state index in [1.54, 1.807) is 36.8 Å². The first-order chi connectivity index (χ1) is 10.8. The highest BCUT2D eigenvalue weighted by Gasteiger charge is 2.10. The summed E-state index contributed by atoms with van der Waals surface area (Å²) in [4.78, 5) is 4.03. The van der Waals surface area contributed by atoms with Crippen molar-refractivity contribution >= 4 is 11.8 Å². The third-order valence-electron chi connectivity index (χ3n) is 3.32. The van der Waals surface area contributed by atoms with E-state index in [0.29, 0.717) is 5.56 Å². The fourth-order valence-corrected chi connectivity index (χ4v) is 2.22. The zero-order chi connectivity index (χ0) is 15.4. The molecule has 0 aliphatic carbocycles. The summed E-state index contributed by atoms with van der Waals surface area (Å²) in [7, 11) is 0. The molecule has 1 aromatic heterocycles. The smallest absolute Gasteiger partial charge is 0.123 e. The summed E-state index contributed by atoms with van der Waals surface area (Å²) in [6, 6.07) is 16.5. The molecular formula is C18H13N3O. The lowest BCUT2D eigenvalue weighted by molar-refractivity contribution is 0.473. The van der Waals surface area contributed by atoms with Crippen LogP contribution in [-0.2, 0) is 0 Å². The van der Waals surface area contributed by atoms with Crippen LogP contribution in [0.1, 0.15) is 16.7 Å². The molecule has 3 aromatic rings. The summed E-state index contributed by atoms with van der Waals surface area (Å²) < 4.78 is 1.82. The Hall–Kier alpha value is -3.32. The van der Waals surface area contributed by atoms with Gasteiger partial charge in [-0.1, -0.05) is 30.3 Å². The topological polar surface area (TPSA) is 61.8 Å². The second-order valence-corrected chi connectivity index (χ2v) is 4.76. The number of nitrogens with zero attached hydrogens (tertiary/aromatic N) is 3. The van der Waals surface area contributed by atoms with Crippen LogP contribution in [0.2, 0.25) is 0 Å². The maximum Gasteiger partial charge on any atom is 0.123 e. The highest BCUT2D eigenvalue weighted by Crippen LogP contribution is 2.30. The minimum absolute atomic E-state index is 0.207. The van der Waals surface area contributed by atoms with Gasteiger partial charge in [0.25, 0.3) is 0 Å². The Kier molecular flexibility index (Phi) is 3.71. The number of imidazole rings is 1. The fraction of sp³-hybridized carbons (Fsp3) is 0. The summed E-state index contributed by atoms with van der Waals surface area (Å²) in [6.07, 6.45) is 7.09. The first kappa shape index (κ1) is 13.7. The van der Waals surface area contributed by atoms with Gasteiger partial charge in [-0.3, -0.25) is 0 Å². The lowest BCUT2D eigenvalue weighted by Crippen LogP contribution is -1.92. The van der Waals surface area contributed by atoms with Gasteiger partial charge in [0.1, 0.15) is 5.75 Å². The van der Waals surface area contributed by atoms with Crippen LogP contribution < -0.4 is 0 Å². The van der Waals surface area contributed by atoms with Gasteiger partial charge in [-0.2, -0.15) is 5.26 Å². The van der Waals surface area contributed by atoms with E-state index >= 15 is 0 Å². The third kappa shape index (κ3) is 2.74. The minimum atomic E-state index is 0.207. The van der Waals surface area contributed by atoms with Gasteiger partial charge in [-0.25, -0.2) is 4.98 Å². The molecule has 1 heterocycles. The molecule has 3 rings (SSSR count). The summed E-state index contributed by atoms with van der Waals surface area (Å²) in [6.45, 7) is 0. The highest BCUT2D eigenvalue weighted by atomic mass is 16.3. The molecule has 1 N–H and O–H groups in total. The van der Waals surface area contributed by atoms with Gasteiger partial charge in [0.2, 0.25) is 0 Å². The van der Waals surface area contributed by atoms with Gasteiger partial charge >= 0.3 is 0 Å². The molecule has 2 aromatic carbocycles. The van der Waals surface area contributed by atoms with Gasteiger partial charge in [-0.05, 0) is 23.8 Å². The van der Waals surface area contributed by atoms with Crippen LogP contribution in [0.25, 0.3) is 11.8 Å². The number of aromatic nitrogens is 2. The molecule has 0 bridgehead atoms. The van der Waals surface area contributed by atoms with Crippen molar-refractivity contribution < 1.29 is 5.11 Å². The van der Waals surface area contributed by atoms with Crippen molar-refractivity contribution in [2.75, 3.05) is 0 Å². The Morgan fingerprint density at radius 3 is 2.55 bits per heavy atom. The number of phenolic OH excluding ortho intramolecular Hbond substituents is 1. The van der Waals surface area contributed by atoms with E-state index in [1.165, 1.54) is 0 Å². The molecule has 0 amide bonds. The summed E-state index contributed by atoms with van der Waals surface area (Å²) >= 11 is 0. The van der Waals surface area contributed by atoms with E-state index in [1.807, 2.05) is 41.2 Å². The maximum absolute atomic E-state index is 10.2. The first-order valence-electron chi connectivity index (χ1n) is 6.76. The number of benzene rings is 2. The van der Waals surface area contributed by atoms with Crippen molar-refractivity contribution in [1.29, 1.82) is 5.26 Å². The molecule has 4 heteroatoms. The van der Waals surface area contributed by atoms with Gasteiger partial charge in [0.15, 0.2) is 0 Å². The van der Waals surface area contributed by atoms with Crippen LogP contribution in [0, 0.1) is 11.3 Å². The molecule has 106 valence electrons. The van der Waals surface area contributed by atoms with Crippen LogP contribution in [0.5, 0.6) is 5.75 Å². The average Bonchev–Trinajstić information content (AvgIpc) is 3.07. The number of nitriles is 1. The summed E-state index contributed by atoms with van der Waals surface area (Å²) in [5, 5.41) is 19.1. The van der Waals surface area contributed by atoms with Gasteiger partial charge in [-0.15, -0.1) is 0 Å². The molecule has 0 radical (unpaired) electrons. The van der Waals surface area contributed by atoms with E-state index in [0.717, 1.165) is 16.7 Å². The molecule has 22 heavy (non-hydrogen) atoms. The first-order valence-corrected chi connectivity index (χ1v) is 6.76.